The molecule has 0 bridgehead atoms. The van der Waals surface area contributed by atoms with Crippen molar-refractivity contribution in [1.29, 1.82) is 0 Å². The van der Waals surface area contributed by atoms with Gasteiger partial charge in [-0.15, -0.1) is 0 Å². The van der Waals surface area contributed by atoms with Gasteiger partial charge >= 0.3 is 0 Å². The zero-order valence-corrected chi connectivity index (χ0v) is 12.4. The van der Waals surface area contributed by atoms with Gasteiger partial charge in [0.2, 0.25) is 5.91 Å². The Hall–Kier alpha value is -1.38. The number of Topliss-reactive ketones (excluding diaryl/α,β-unsaturated/α-hetero) is 1. The fourth-order valence-electron chi connectivity index (χ4n) is 1.79. The van der Waals surface area contributed by atoms with Gasteiger partial charge in [-0.05, 0) is 37.8 Å². The number of unbranched alkanes of at least 4 members (excludes halogenated alkanes) is 3. The van der Waals surface area contributed by atoms with E-state index in [1.54, 1.807) is 6.92 Å². The highest BCUT2D eigenvalue weighted by atomic mass is 16.2. The molecular formula is C16H27NO2. The molecule has 0 N–H and O–H groups in total. The molecule has 0 aliphatic carbocycles. The minimum atomic E-state index is 0.00598. The van der Waals surface area contributed by atoms with Crippen LogP contribution in [0.15, 0.2) is 24.8 Å². The number of amides is 1. The fourth-order valence-corrected chi connectivity index (χ4v) is 1.79. The normalized spacial score (nSPS) is 10.0. The second-order valence-corrected chi connectivity index (χ2v) is 4.90. The van der Waals surface area contributed by atoms with E-state index < -0.39 is 0 Å². The van der Waals surface area contributed by atoms with Crippen LogP contribution in [0.2, 0.25) is 0 Å². The van der Waals surface area contributed by atoms with Gasteiger partial charge in [0.25, 0.3) is 0 Å². The van der Waals surface area contributed by atoms with Gasteiger partial charge in [0.15, 0.2) is 5.78 Å². The van der Waals surface area contributed by atoms with Gasteiger partial charge in [-0.1, -0.05) is 32.9 Å². The quantitative estimate of drug-likeness (QED) is 0.423. The Morgan fingerprint density at radius 2 is 1.74 bits per heavy atom. The second kappa shape index (κ2) is 10.5. The number of ketones is 1. The lowest BCUT2D eigenvalue weighted by atomic mass is 10.1. The molecule has 0 aromatic heterocycles. The van der Waals surface area contributed by atoms with Crippen molar-refractivity contribution < 1.29 is 9.59 Å². The Morgan fingerprint density at radius 1 is 1.11 bits per heavy atom. The Morgan fingerprint density at radius 3 is 2.26 bits per heavy atom. The predicted molar refractivity (Wildman–Crippen MR) is 80.0 cm³/mol. The van der Waals surface area contributed by atoms with E-state index in [2.05, 4.69) is 20.1 Å². The summed E-state index contributed by atoms with van der Waals surface area (Å²) in [5, 5.41) is 0. The average molecular weight is 265 g/mol. The van der Waals surface area contributed by atoms with Crippen LogP contribution in [0.4, 0.5) is 0 Å². The molecule has 0 saturated heterocycles. The van der Waals surface area contributed by atoms with E-state index in [0.717, 1.165) is 45.2 Å². The molecule has 3 heteroatoms. The average Bonchev–Trinajstić information content (AvgIpc) is 2.40. The number of carbonyl (C=O) groups excluding carboxylic acids is 2. The smallest absolute Gasteiger partial charge is 0.245 e. The zero-order chi connectivity index (χ0) is 14.7. The van der Waals surface area contributed by atoms with E-state index in [1.165, 1.54) is 6.08 Å². The van der Waals surface area contributed by atoms with Gasteiger partial charge in [-0.2, -0.15) is 0 Å². The van der Waals surface area contributed by atoms with E-state index in [9.17, 15) is 9.59 Å². The number of rotatable bonds is 11. The van der Waals surface area contributed by atoms with Crippen LogP contribution >= 0.6 is 0 Å². The van der Waals surface area contributed by atoms with Gasteiger partial charge in [0.05, 0.1) is 0 Å². The summed E-state index contributed by atoms with van der Waals surface area (Å²) in [6, 6.07) is 0. The number of hydrogen-bond acceptors (Lipinski definition) is 2. The van der Waals surface area contributed by atoms with Crippen molar-refractivity contribution in [2.45, 2.75) is 52.4 Å². The lowest BCUT2D eigenvalue weighted by Gasteiger charge is -2.20. The molecule has 0 atom stereocenters. The summed E-state index contributed by atoms with van der Waals surface area (Å²) in [4.78, 5) is 24.8. The first-order chi connectivity index (χ1) is 9.02. The van der Waals surface area contributed by atoms with Crippen LogP contribution in [0.5, 0.6) is 0 Å². The maximum Gasteiger partial charge on any atom is 0.245 e. The molecular weight excluding hydrogens is 238 g/mol. The summed E-state index contributed by atoms with van der Waals surface area (Å²) in [6.07, 6.45) is 6.82. The number of allylic oxidation sites excluding steroid dienone is 1. The third-order valence-corrected chi connectivity index (χ3v) is 3.08. The Labute approximate surface area is 117 Å². The van der Waals surface area contributed by atoms with Gasteiger partial charge in [-0.25, -0.2) is 0 Å². The lowest BCUT2D eigenvalue weighted by Crippen LogP contribution is -2.31. The van der Waals surface area contributed by atoms with Crippen LogP contribution in [-0.4, -0.2) is 29.7 Å². The van der Waals surface area contributed by atoms with Crippen LogP contribution in [-0.2, 0) is 9.59 Å². The van der Waals surface area contributed by atoms with Crippen LogP contribution in [0.3, 0.4) is 0 Å². The zero-order valence-electron chi connectivity index (χ0n) is 12.4. The topological polar surface area (TPSA) is 37.4 Å². The molecule has 19 heavy (non-hydrogen) atoms. The van der Waals surface area contributed by atoms with Crippen molar-refractivity contribution in [2.24, 2.45) is 0 Å². The first kappa shape index (κ1) is 17.6. The molecule has 3 nitrogen and oxygen atoms in total. The van der Waals surface area contributed by atoms with Gasteiger partial charge < -0.3 is 4.90 Å². The first-order valence-electron chi connectivity index (χ1n) is 7.13. The lowest BCUT2D eigenvalue weighted by molar-refractivity contribution is -0.126. The molecule has 1 amide bonds. The van der Waals surface area contributed by atoms with Crippen molar-refractivity contribution >= 4 is 11.7 Å². The summed E-state index contributed by atoms with van der Waals surface area (Å²) in [7, 11) is 0. The van der Waals surface area contributed by atoms with E-state index in [1.807, 2.05) is 4.90 Å². The summed E-state index contributed by atoms with van der Waals surface area (Å²) >= 11 is 0. The Bertz CT molecular complexity index is 321. The largest absolute Gasteiger partial charge is 0.339 e. The monoisotopic (exact) mass is 265 g/mol. The van der Waals surface area contributed by atoms with Crippen molar-refractivity contribution in [3.63, 3.8) is 0 Å². The van der Waals surface area contributed by atoms with Gasteiger partial charge in [0, 0.05) is 19.5 Å². The molecule has 0 aliphatic rings. The van der Waals surface area contributed by atoms with Gasteiger partial charge in [-0.3, -0.25) is 9.59 Å². The molecule has 0 aromatic rings. The van der Waals surface area contributed by atoms with E-state index in [4.69, 9.17) is 0 Å². The minimum Gasteiger partial charge on any atom is -0.339 e. The van der Waals surface area contributed by atoms with Crippen molar-refractivity contribution in [1.82, 2.24) is 4.90 Å². The highest BCUT2D eigenvalue weighted by molar-refractivity contribution is 5.94. The molecule has 0 heterocycles. The van der Waals surface area contributed by atoms with Gasteiger partial charge in [0.1, 0.15) is 0 Å². The fraction of sp³-hybridized carbons (Fsp3) is 0.625. The van der Waals surface area contributed by atoms with E-state index in [-0.39, 0.29) is 11.7 Å². The predicted octanol–water partition coefficient (Wildman–Crippen LogP) is 3.51. The van der Waals surface area contributed by atoms with Crippen molar-refractivity contribution in [2.75, 3.05) is 13.1 Å². The van der Waals surface area contributed by atoms with E-state index >= 15 is 0 Å². The maximum atomic E-state index is 11.6. The SMILES string of the molecule is C=CC(=O)N(CCCC)CCCCCC(=O)C(=C)C. The maximum absolute atomic E-state index is 11.6. The molecule has 0 rings (SSSR count). The molecule has 0 fully saturated rings. The van der Waals surface area contributed by atoms with Crippen LogP contribution in [0.25, 0.3) is 0 Å². The molecule has 0 saturated carbocycles. The molecule has 108 valence electrons. The Kier molecular flexibility index (Phi) is 9.77. The number of hydrogen-bond donors (Lipinski definition) is 0. The summed E-state index contributed by atoms with van der Waals surface area (Å²) in [6.45, 7) is 12.6. The summed E-state index contributed by atoms with van der Waals surface area (Å²) in [5.41, 5.74) is 0.631. The highest BCUT2D eigenvalue weighted by Crippen LogP contribution is 2.07. The van der Waals surface area contributed by atoms with E-state index in [0.29, 0.717) is 12.0 Å². The number of carbonyl (C=O) groups is 2. The number of nitrogens with zero attached hydrogens (tertiary/aromatic N) is 1. The second-order valence-electron chi connectivity index (χ2n) is 4.90. The van der Waals surface area contributed by atoms with Crippen LogP contribution in [0, 0.1) is 0 Å². The molecule has 0 radical (unpaired) electrons. The third-order valence-electron chi connectivity index (χ3n) is 3.08. The molecule has 0 aliphatic heterocycles. The Balaban J connectivity index is 3.86. The minimum absolute atomic E-state index is 0.00598. The molecule has 0 spiro atoms. The first-order valence-corrected chi connectivity index (χ1v) is 7.13. The van der Waals surface area contributed by atoms with Crippen LogP contribution < -0.4 is 0 Å². The van der Waals surface area contributed by atoms with Crippen molar-refractivity contribution in [3.05, 3.63) is 24.8 Å². The third kappa shape index (κ3) is 8.36. The molecule has 0 aromatic carbocycles. The summed E-state index contributed by atoms with van der Waals surface area (Å²) in [5.74, 6) is 0.150. The molecule has 0 unspecified atom stereocenters. The standard InChI is InChI=1S/C16H27NO2/c1-5-7-12-17(16(19)6-2)13-10-8-9-11-15(18)14(3)4/h6H,2-3,5,7-13H2,1,4H3. The summed E-state index contributed by atoms with van der Waals surface area (Å²) < 4.78 is 0. The van der Waals surface area contributed by atoms with Crippen molar-refractivity contribution in [3.8, 4) is 0 Å². The van der Waals surface area contributed by atoms with Crippen LogP contribution in [0.1, 0.15) is 52.4 Å². The highest BCUT2D eigenvalue weighted by Gasteiger charge is 2.09.